The Kier molecular flexibility index (Phi) is 4.23. The van der Waals surface area contributed by atoms with Crippen molar-refractivity contribution >= 4 is 17.6 Å². The first-order valence-electron chi connectivity index (χ1n) is 7.15. The highest BCUT2D eigenvalue weighted by Gasteiger charge is 2.26. The molecule has 0 radical (unpaired) electrons. The zero-order valence-corrected chi connectivity index (χ0v) is 12.8. The molecule has 124 valence electrons. The van der Waals surface area contributed by atoms with Crippen LogP contribution in [0.3, 0.4) is 0 Å². The van der Waals surface area contributed by atoms with E-state index in [1.165, 1.54) is 0 Å². The maximum Gasteiger partial charge on any atom is 0.325 e. The molecule has 0 fully saturated rings. The maximum atomic E-state index is 11.7. The minimum Gasteiger partial charge on any atom is -0.497 e. The van der Waals surface area contributed by atoms with Gasteiger partial charge in [-0.1, -0.05) is 5.16 Å². The lowest BCUT2D eigenvalue weighted by molar-refractivity contribution is -0.144. The van der Waals surface area contributed by atoms with E-state index in [0.29, 0.717) is 23.7 Å². The Morgan fingerprint density at radius 3 is 2.75 bits per heavy atom. The number of carbonyl (C=O) groups excluding carboxylic acids is 1. The van der Waals surface area contributed by atoms with E-state index in [1.54, 1.807) is 31.4 Å². The van der Waals surface area contributed by atoms with Gasteiger partial charge in [-0.15, -0.1) is 0 Å². The molecule has 1 aromatic heterocycles. The Bertz CT molecular complexity index is 796. The summed E-state index contributed by atoms with van der Waals surface area (Å²) in [6.45, 7) is -0.498. The summed E-state index contributed by atoms with van der Waals surface area (Å²) in [5.74, 6) is -0.239. The molecule has 0 spiro atoms. The summed E-state index contributed by atoms with van der Waals surface area (Å²) in [5, 5.41) is 17.6. The van der Waals surface area contributed by atoms with E-state index in [-0.39, 0.29) is 18.2 Å². The first-order chi connectivity index (χ1) is 11.6. The first-order valence-corrected chi connectivity index (χ1v) is 7.15. The van der Waals surface area contributed by atoms with Gasteiger partial charge < -0.3 is 14.4 Å². The summed E-state index contributed by atoms with van der Waals surface area (Å²) in [6, 6.07) is 7.13. The number of aromatic nitrogens is 2. The van der Waals surface area contributed by atoms with Crippen molar-refractivity contribution < 1.29 is 24.0 Å². The third-order valence-electron chi connectivity index (χ3n) is 3.41. The lowest BCUT2D eigenvalue weighted by Gasteiger charge is -2.20. The van der Waals surface area contributed by atoms with E-state index >= 15 is 0 Å². The molecule has 9 nitrogen and oxygen atoms in total. The Morgan fingerprint density at radius 1 is 1.33 bits per heavy atom. The van der Waals surface area contributed by atoms with Crippen LogP contribution < -0.4 is 4.74 Å². The summed E-state index contributed by atoms with van der Waals surface area (Å²) in [5.41, 5.74) is 1.13. The van der Waals surface area contributed by atoms with Crippen LogP contribution in [-0.2, 0) is 9.59 Å². The Balaban J connectivity index is 1.84. The van der Waals surface area contributed by atoms with Gasteiger partial charge in [-0.3, -0.25) is 9.59 Å². The number of methoxy groups -OCH3 is 1. The van der Waals surface area contributed by atoms with Gasteiger partial charge in [-0.05, 0) is 24.3 Å². The minimum absolute atomic E-state index is 0.145. The van der Waals surface area contributed by atoms with Gasteiger partial charge >= 0.3 is 5.97 Å². The molecule has 24 heavy (non-hydrogen) atoms. The van der Waals surface area contributed by atoms with Crippen molar-refractivity contribution in [2.45, 2.75) is 12.8 Å². The highest BCUT2D eigenvalue weighted by molar-refractivity contribution is 6.01. The fourth-order valence-electron chi connectivity index (χ4n) is 2.21. The minimum atomic E-state index is -1.14. The number of ether oxygens (including phenoxy) is 1. The third-order valence-corrected chi connectivity index (χ3v) is 3.41. The molecule has 9 heteroatoms. The predicted octanol–water partition coefficient (Wildman–Crippen LogP) is 1.16. The second-order valence-electron chi connectivity index (χ2n) is 5.04. The largest absolute Gasteiger partial charge is 0.497 e. The summed E-state index contributed by atoms with van der Waals surface area (Å²) in [7, 11) is 1.58. The highest BCUT2D eigenvalue weighted by Crippen LogP contribution is 2.21. The molecule has 2 aromatic rings. The van der Waals surface area contributed by atoms with Gasteiger partial charge in [-0.2, -0.15) is 10.1 Å². The van der Waals surface area contributed by atoms with Crippen LogP contribution in [0.4, 0.5) is 0 Å². The van der Waals surface area contributed by atoms with E-state index in [0.717, 1.165) is 10.6 Å². The number of aliphatic carboxylic acids is 1. The summed E-state index contributed by atoms with van der Waals surface area (Å²) >= 11 is 0. The van der Waals surface area contributed by atoms with Crippen LogP contribution in [0.2, 0.25) is 0 Å². The second-order valence-corrected chi connectivity index (χ2v) is 5.04. The van der Waals surface area contributed by atoms with Gasteiger partial charge in [0.15, 0.2) is 0 Å². The van der Waals surface area contributed by atoms with Crippen LogP contribution in [0.25, 0.3) is 11.4 Å². The quantitative estimate of drug-likeness (QED) is 0.873. The molecule has 2 heterocycles. The van der Waals surface area contributed by atoms with Crippen LogP contribution in [0, 0.1) is 0 Å². The van der Waals surface area contributed by atoms with E-state index in [4.69, 9.17) is 14.4 Å². The second kappa shape index (κ2) is 6.49. The normalized spacial score (nSPS) is 14.5. The maximum absolute atomic E-state index is 11.7. The number of hydrogen-bond acceptors (Lipinski definition) is 7. The van der Waals surface area contributed by atoms with Crippen LogP contribution in [0.1, 0.15) is 18.7 Å². The SMILES string of the molecule is COc1ccc(-c2noc(C3=NN(CC(=O)O)C(=O)CC3)n2)cc1. The molecule has 0 aliphatic carbocycles. The molecule has 1 aliphatic rings. The molecule has 1 aliphatic heterocycles. The van der Waals surface area contributed by atoms with E-state index in [1.807, 2.05) is 0 Å². The van der Waals surface area contributed by atoms with Crippen molar-refractivity contribution in [3.05, 3.63) is 30.2 Å². The van der Waals surface area contributed by atoms with Crippen molar-refractivity contribution in [2.75, 3.05) is 13.7 Å². The van der Waals surface area contributed by atoms with Crippen LogP contribution in [0.5, 0.6) is 5.75 Å². The number of hydrogen-bond donors (Lipinski definition) is 1. The van der Waals surface area contributed by atoms with Crippen molar-refractivity contribution in [2.24, 2.45) is 5.10 Å². The molecule has 1 aromatic carbocycles. The summed E-state index contributed by atoms with van der Waals surface area (Å²) in [4.78, 5) is 26.7. The van der Waals surface area contributed by atoms with Crippen LogP contribution in [-0.4, -0.2) is 51.5 Å². The highest BCUT2D eigenvalue weighted by atomic mass is 16.5. The Labute approximate surface area is 136 Å². The molecule has 1 amide bonds. The van der Waals surface area contributed by atoms with Crippen LogP contribution >= 0.6 is 0 Å². The zero-order valence-electron chi connectivity index (χ0n) is 12.8. The van der Waals surface area contributed by atoms with Crippen molar-refractivity contribution in [3.63, 3.8) is 0 Å². The van der Waals surface area contributed by atoms with E-state index in [2.05, 4.69) is 15.2 Å². The van der Waals surface area contributed by atoms with E-state index < -0.39 is 12.5 Å². The smallest absolute Gasteiger partial charge is 0.325 e. The van der Waals surface area contributed by atoms with Crippen LogP contribution in [0.15, 0.2) is 33.9 Å². The van der Waals surface area contributed by atoms with Gasteiger partial charge in [0.1, 0.15) is 18.0 Å². The number of benzene rings is 1. The fraction of sp³-hybridized carbons (Fsp3) is 0.267. The molecule has 0 unspecified atom stereocenters. The molecule has 1 N–H and O–H groups in total. The molecule has 0 bridgehead atoms. The first kappa shape index (κ1) is 15.7. The standard InChI is InChI=1S/C15H14N4O5/c1-23-10-4-2-9(3-5-10)14-16-15(24-18-14)11-6-7-12(20)19(17-11)8-13(21)22/h2-5H,6-8H2,1H3,(H,21,22). The number of amides is 1. The van der Waals surface area contributed by atoms with E-state index in [9.17, 15) is 9.59 Å². The number of carboxylic acids is 1. The predicted molar refractivity (Wildman–Crippen MR) is 81.4 cm³/mol. The van der Waals surface area contributed by atoms with Crippen molar-refractivity contribution in [1.29, 1.82) is 0 Å². The number of rotatable bonds is 5. The number of nitrogens with zero attached hydrogens (tertiary/aromatic N) is 4. The van der Waals surface area contributed by atoms with Gasteiger partial charge in [0.2, 0.25) is 11.7 Å². The Morgan fingerprint density at radius 2 is 2.08 bits per heavy atom. The molecule has 0 saturated carbocycles. The lowest BCUT2D eigenvalue weighted by atomic mass is 10.1. The van der Waals surface area contributed by atoms with Gasteiger partial charge in [0.05, 0.1) is 7.11 Å². The average Bonchev–Trinajstić information content (AvgIpc) is 3.06. The number of hydrazone groups is 1. The number of carbonyl (C=O) groups is 2. The zero-order chi connectivity index (χ0) is 17.1. The Hall–Kier alpha value is -3.23. The lowest BCUT2D eigenvalue weighted by Crippen LogP contribution is -2.35. The van der Waals surface area contributed by atoms with Crippen molar-refractivity contribution in [3.8, 4) is 17.1 Å². The average molecular weight is 330 g/mol. The molecule has 0 saturated heterocycles. The van der Waals surface area contributed by atoms with Crippen molar-refractivity contribution in [1.82, 2.24) is 15.1 Å². The topological polar surface area (TPSA) is 118 Å². The van der Waals surface area contributed by atoms with Gasteiger partial charge in [0, 0.05) is 18.4 Å². The summed E-state index contributed by atoms with van der Waals surface area (Å²) in [6.07, 6.45) is 0.464. The molecular weight excluding hydrogens is 316 g/mol. The fourth-order valence-corrected chi connectivity index (χ4v) is 2.21. The molecular formula is C15H14N4O5. The molecule has 0 atom stereocenters. The monoisotopic (exact) mass is 330 g/mol. The number of carboxylic acid groups (broad SMARTS) is 1. The third kappa shape index (κ3) is 3.24. The van der Waals surface area contributed by atoms with Gasteiger partial charge in [0.25, 0.3) is 5.89 Å². The molecule has 3 rings (SSSR count). The van der Waals surface area contributed by atoms with Gasteiger partial charge in [-0.25, -0.2) is 5.01 Å². The summed E-state index contributed by atoms with van der Waals surface area (Å²) < 4.78 is 10.3.